The number of nitrogens with zero attached hydrogens (tertiary/aromatic N) is 2. The Morgan fingerprint density at radius 3 is 2.90 bits per heavy atom. The molecule has 0 aliphatic heterocycles. The SMILES string of the molecule is N#Cc1ccc(CSc2nc3ccc(N)cc3s2)c(Cl)c1. The summed E-state index contributed by atoms with van der Waals surface area (Å²) in [6.45, 7) is 0. The normalized spacial score (nSPS) is 10.7. The number of rotatable bonds is 3. The van der Waals surface area contributed by atoms with Crippen molar-refractivity contribution in [2.24, 2.45) is 0 Å². The number of aromatic nitrogens is 1. The molecule has 0 saturated heterocycles. The molecule has 0 aliphatic carbocycles. The molecule has 0 amide bonds. The Hall–Kier alpha value is -1.74. The van der Waals surface area contributed by atoms with E-state index in [4.69, 9.17) is 22.6 Å². The van der Waals surface area contributed by atoms with Gasteiger partial charge in [0, 0.05) is 16.5 Å². The lowest BCUT2D eigenvalue weighted by atomic mass is 10.2. The second kappa shape index (κ2) is 5.94. The molecule has 0 atom stereocenters. The Morgan fingerprint density at radius 2 is 2.14 bits per heavy atom. The minimum atomic E-state index is 0.573. The molecule has 0 radical (unpaired) electrons. The Morgan fingerprint density at radius 1 is 1.29 bits per heavy atom. The zero-order valence-corrected chi connectivity index (χ0v) is 13.2. The van der Waals surface area contributed by atoms with Crippen molar-refractivity contribution in [1.29, 1.82) is 5.26 Å². The Kier molecular flexibility index (Phi) is 4.02. The van der Waals surface area contributed by atoms with Crippen LogP contribution in [-0.4, -0.2) is 4.98 Å². The van der Waals surface area contributed by atoms with E-state index < -0.39 is 0 Å². The number of thioether (sulfide) groups is 1. The highest BCUT2D eigenvalue weighted by Crippen LogP contribution is 2.33. The molecule has 0 spiro atoms. The van der Waals surface area contributed by atoms with Crippen molar-refractivity contribution in [3.63, 3.8) is 0 Å². The number of fused-ring (bicyclic) bond motifs is 1. The molecule has 2 N–H and O–H groups in total. The number of benzene rings is 2. The predicted molar refractivity (Wildman–Crippen MR) is 89.8 cm³/mol. The van der Waals surface area contributed by atoms with Crippen LogP contribution in [-0.2, 0) is 5.75 Å². The van der Waals surface area contributed by atoms with Gasteiger partial charge < -0.3 is 5.73 Å². The number of nitrogen functional groups attached to an aromatic ring is 1. The Bertz CT molecular complexity index is 852. The second-order valence-corrected chi connectivity index (χ2v) is 7.07. The van der Waals surface area contributed by atoms with Crippen LogP contribution < -0.4 is 5.73 Å². The van der Waals surface area contributed by atoms with Gasteiger partial charge in [0.2, 0.25) is 0 Å². The summed E-state index contributed by atoms with van der Waals surface area (Å²) in [5.41, 5.74) is 9.06. The van der Waals surface area contributed by atoms with Crippen LogP contribution in [0.15, 0.2) is 40.7 Å². The minimum Gasteiger partial charge on any atom is -0.399 e. The van der Waals surface area contributed by atoms with Crippen LogP contribution >= 0.6 is 34.7 Å². The fourth-order valence-corrected chi connectivity index (χ4v) is 4.30. The van der Waals surface area contributed by atoms with Crippen LogP contribution in [0.4, 0.5) is 5.69 Å². The van der Waals surface area contributed by atoms with Gasteiger partial charge in [-0.3, -0.25) is 0 Å². The van der Waals surface area contributed by atoms with E-state index >= 15 is 0 Å². The van der Waals surface area contributed by atoms with Crippen LogP contribution in [0, 0.1) is 11.3 Å². The van der Waals surface area contributed by atoms with Gasteiger partial charge in [-0.2, -0.15) is 5.26 Å². The highest BCUT2D eigenvalue weighted by atomic mass is 35.5. The number of hydrogen-bond acceptors (Lipinski definition) is 5. The monoisotopic (exact) mass is 331 g/mol. The van der Waals surface area contributed by atoms with Gasteiger partial charge in [0.15, 0.2) is 4.34 Å². The molecule has 3 rings (SSSR count). The molecular formula is C15H10ClN3S2. The first-order chi connectivity index (χ1) is 10.2. The largest absolute Gasteiger partial charge is 0.399 e. The lowest BCUT2D eigenvalue weighted by Gasteiger charge is -2.02. The summed E-state index contributed by atoms with van der Waals surface area (Å²) in [5, 5.41) is 9.45. The van der Waals surface area contributed by atoms with Gasteiger partial charge in [-0.25, -0.2) is 4.98 Å². The highest BCUT2D eigenvalue weighted by Gasteiger charge is 2.07. The third-order valence-electron chi connectivity index (χ3n) is 2.93. The van der Waals surface area contributed by atoms with Gasteiger partial charge in [0.05, 0.1) is 21.8 Å². The Balaban J connectivity index is 1.78. The van der Waals surface area contributed by atoms with Crippen molar-refractivity contribution in [3.8, 4) is 6.07 Å². The summed E-state index contributed by atoms with van der Waals surface area (Å²) in [6, 6.07) is 13.2. The van der Waals surface area contributed by atoms with Crippen LogP contribution in [0.25, 0.3) is 10.2 Å². The smallest absolute Gasteiger partial charge is 0.151 e. The summed E-state index contributed by atoms with van der Waals surface area (Å²) in [5.74, 6) is 0.722. The maximum Gasteiger partial charge on any atom is 0.151 e. The van der Waals surface area contributed by atoms with Crippen molar-refractivity contribution in [3.05, 3.63) is 52.5 Å². The molecule has 1 heterocycles. The third-order valence-corrected chi connectivity index (χ3v) is 5.49. The molecule has 104 valence electrons. The first kappa shape index (κ1) is 14.2. The molecule has 0 bridgehead atoms. The molecule has 0 fully saturated rings. The number of thiazole rings is 1. The average Bonchev–Trinajstić information content (AvgIpc) is 2.87. The maximum absolute atomic E-state index is 8.83. The zero-order valence-electron chi connectivity index (χ0n) is 10.8. The van der Waals surface area contributed by atoms with Crippen LogP contribution in [0.1, 0.15) is 11.1 Å². The summed E-state index contributed by atoms with van der Waals surface area (Å²) >= 11 is 9.43. The van der Waals surface area contributed by atoms with E-state index in [9.17, 15) is 0 Å². The fourth-order valence-electron chi connectivity index (χ4n) is 1.86. The zero-order chi connectivity index (χ0) is 14.8. The van der Waals surface area contributed by atoms with Gasteiger partial charge in [-0.15, -0.1) is 11.3 Å². The van der Waals surface area contributed by atoms with Crippen LogP contribution in [0.2, 0.25) is 5.02 Å². The molecule has 3 nitrogen and oxygen atoms in total. The van der Waals surface area contributed by atoms with E-state index in [-0.39, 0.29) is 0 Å². The van der Waals surface area contributed by atoms with E-state index in [0.29, 0.717) is 10.6 Å². The molecule has 1 aromatic heterocycles. The number of nitriles is 1. The number of anilines is 1. The lowest BCUT2D eigenvalue weighted by Crippen LogP contribution is -1.84. The molecule has 3 aromatic rings. The molecule has 0 aliphatic rings. The van der Waals surface area contributed by atoms with Crippen molar-refractivity contribution in [2.45, 2.75) is 10.1 Å². The van der Waals surface area contributed by atoms with Crippen molar-refractivity contribution < 1.29 is 0 Å². The summed E-state index contributed by atoms with van der Waals surface area (Å²) in [7, 11) is 0. The average molecular weight is 332 g/mol. The highest BCUT2D eigenvalue weighted by molar-refractivity contribution is 8.00. The van der Waals surface area contributed by atoms with Crippen LogP contribution in [0.3, 0.4) is 0 Å². The molecule has 0 saturated carbocycles. The van der Waals surface area contributed by atoms with E-state index in [0.717, 1.165) is 31.6 Å². The van der Waals surface area contributed by atoms with Gasteiger partial charge >= 0.3 is 0 Å². The van der Waals surface area contributed by atoms with E-state index in [1.807, 2.05) is 24.3 Å². The summed E-state index contributed by atoms with van der Waals surface area (Å²) in [4.78, 5) is 4.56. The quantitative estimate of drug-likeness (QED) is 0.558. The van der Waals surface area contributed by atoms with Crippen molar-refractivity contribution in [2.75, 3.05) is 5.73 Å². The number of hydrogen-bond donors (Lipinski definition) is 1. The van der Waals surface area contributed by atoms with E-state index in [1.54, 1.807) is 35.2 Å². The number of nitrogens with two attached hydrogens (primary N) is 1. The molecule has 21 heavy (non-hydrogen) atoms. The first-order valence-electron chi connectivity index (χ1n) is 6.13. The molecular weight excluding hydrogens is 322 g/mol. The van der Waals surface area contributed by atoms with E-state index in [1.165, 1.54) is 0 Å². The topological polar surface area (TPSA) is 62.7 Å². The van der Waals surface area contributed by atoms with Crippen LogP contribution in [0.5, 0.6) is 0 Å². The Labute approximate surface area is 135 Å². The molecule has 2 aromatic carbocycles. The standard InChI is InChI=1S/C15H10ClN3S2/c16-12-5-9(7-17)1-2-10(12)8-20-15-19-13-4-3-11(18)6-14(13)21-15/h1-6H,8,18H2. The predicted octanol–water partition coefficient (Wildman–Crippen LogP) is 4.70. The number of halogens is 1. The van der Waals surface area contributed by atoms with Crippen molar-refractivity contribution in [1.82, 2.24) is 4.98 Å². The van der Waals surface area contributed by atoms with Gasteiger partial charge in [-0.1, -0.05) is 29.4 Å². The maximum atomic E-state index is 8.83. The van der Waals surface area contributed by atoms with Gasteiger partial charge in [0.1, 0.15) is 0 Å². The summed E-state index contributed by atoms with van der Waals surface area (Å²) < 4.78 is 2.07. The first-order valence-corrected chi connectivity index (χ1v) is 8.31. The van der Waals surface area contributed by atoms with Gasteiger partial charge in [-0.05, 0) is 35.9 Å². The fraction of sp³-hybridized carbons (Fsp3) is 0.0667. The lowest BCUT2D eigenvalue weighted by molar-refractivity contribution is 1.29. The third kappa shape index (κ3) is 3.13. The van der Waals surface area contributed by atoms with Gasteiger partial charge in [0.25, 0.3) is 0 Å². The molecule has 0 unspecified atom stereocenters. The second-order valence-electron chi connectivity index (χ2n) is 4.41. The summed E-state index contributed by atoms with van der Waals surface area (Å²) in [6.07, 6.45) is 0. The van der Waals surface area contributed by atoms with E-state index in [2.05, 4.69) is 11.1 Å². The molecule has 6 heteroatoms. The minimum absolute atomic E-state index is 0.573. The van der Waals surface area contributed by atoms with Crippen molar-refractivity contribution >= 4 is 50.6 Å².